The van der Waals surface area contributed by atoms with Crippen LogP contribution < -0.4 is 4.72 Å². The molecule has 0 aromatic heterocycles. The average Bonchev–Trinajstić information content (AvgIpc) is 2.60. The van der Waals surface area contributed by atoms with Gasteiger partial charge in [-0.25, -0.2) is 8.42 Å². The van der Waals surface area contributed by atoms with Crippen LogP contribution in [0.15, 0.2) is 41.3 Å². The van der Waals surface area contributed by atoms with Crippen molar-refractivity contribution in [1.82, 2.24) is 9.62 Å². The van der Waals surface area contributed by atoms with Crippen LogP contribution in [0.3, 0.4) is 0 Å². The van der Waals surface area contributed by atoms with Gasteiger partial charge in [0, 0.05) is 29.1 Å². The van der Waals surface area contributed by atoms with Crippen LogP contribution in [-0.2, 0) is 21.1 Å². The molecule has 1 aliphatic heterocycles. The molecule has 2 aromatic rings. The van der Waals surface area contributed by atoms with Gasteiger partial charge in [0.2, 0.25) is 10.0 Å². The number of fused-ring (bicyclic) bond motifs is 1. The lowest BCUT2D eigenvalue weighted by atomic mass is 9.85. The number of hydrogen-bond donors (Lipinski definition) is 3. The number of halogens is 2. The molecule has 0 spiro atoms. The lowest BCUT2D eigenvalue weighted by Gasteiger charge is -2.33. The average molecular weight is 465 g/mol. The standard InChI is InChI=1S/C17H19Cl2N2O5PS/c1-21-8-15(14-6-12(18)7-17(19)16(14)9-21)11-2-4-13(5-3-11)28(25,26)20-10-27(22,23)24/h2-7,15,20H,8-10H2,1H3,(H2,22,23,24). The number of sulfonamides is 1. The molecule has 11 heteroatoms. The van der Waals surface area contributed by atoms with Gasteiger partial charge in [0.05, 0.1) is 4.90 Å². The lowest BCUT2D eigenvalue weighted by Crippen LogP contribution is -2.31. The summed E-state index contributed by atoms with van der Waals surface area (Å²) >= 11 is 12.5. The highest BCUT2D eigenvalue weighted by Crippen LogP contribution is 2.38. The summed E-state index contributed by atoms with van der Waals surface area (Å²) in [5, 5.41) is 1.14. The molecule has 0 saturated carbocycles. The summed E-state index contributed by atoms with van der Waals surface area (Å²) in [4.78, 5) is 19.8. The van der Waals surface area contributed by atoms with Gasteiger partial charge >= 0.3 is 7.60 Å². The Morgan fingerprint density at radius 3 is 2.46 bits per heavy atom. The second-order valence-electron chi connectivity index (χ2n) is 6.74. The number of likely N-dealkylation sites (N-methyl/N-ethyl adjacent to an activating group) is 1. The summed E-state index contributed by atoms with van der Waals surface area (Å²) in [5.41, 5.74) is 2.88. The quantitative estimate of drug-likeness (QED) is 0.587. The highest BCUT2D eigenvalue weighted by molar-refractivity contribution is 7.89. The Bertz CT molecular complexity index is 1040. The van der Waals surface area contributed by atoms with Gasteiger partial charge in [0.25, 0.3) is 0 Å². The second kappa shape index (κ2) is 8.05. The highest BCUT2D eigenvalue weighted by atomic mass is 35.5. The summed E-state index contributed by atoms with van der Waals surface area (Å²) in [6.45, 7) is 1.41. The number of nitrogens with zero attached hydrogens (tertiary/aromatic N) is 1. The molecule has 1 heterocycles. The molecule has 1 aliphatic rings. The van der Waals surface area contributed by atoms with Gasteiger partial charge in [-0.3, -0.25) is 4.57 Å². The Labute approximate surface area is 173 Å². The fourth-order valence-corrected chi connectivity index (χ4v) is 5.84. The molecular weight excluding hydrogens is 446 g/mol. The van der Waals surface area contributed by atoms with Crippen LogP contribution in [0.5, 0.6) is 0 Å². The first-order valence-electron chi connectivity index (χ1n) is 8.27. The predicted octanol–water partition coefficient (Wildman–Crippen LogP) is 2.98. The molecule has 152 valence electrons. The van der Waals surface area contributed by atoms with E-state index < -0.39 is 23.9 Å². The number of hydrogen-bond acceptors (Lipinski definition) is 4. The zero-order chi connectivity index (χ0) is 20.7. The highest BCUT2D eigenvalue weighted by Gasteiger charge is 2.27. The zero-order valence-corrected chi connectivity index (χ0v) is 18.1. The fraction of sp³-hybridized carbons (Fsp3) is 0.294. The Hall–Kier alpha value is -0.960. The van der Waals surface area contributed by atoms with E-state index in [1.54, 1.807) is 18.2 Å². The molecule has 2 aromatic carbocycles. The van der Waals surface area contributed by atoms with Crippen molar-refractivity contribution in [2.24, 2.45) is 0 Å². The molecule has 1 atom stereocenters. The van der Waals surface area contributed by atoms with E-state index in [0.29, 0.717) is 23.1 Å². The van der Waals surface area contributed by atoms with E-state index in [1.165, 1.54) is 12.1 Å². The summed E-state index contributed by atoms with van der Waals surface area (Å²) in [6.07, 6.45) is -0.950. The largest absolute Gasteiger partial charge is 0.340 e. The van der Waals surface area contributed by atoms with E-state index in [4.69, 9.17) is 33.0 Å². The van der Waals surface area contributed by atoms with Crippen molar-refractivity contribution >= 4 is 40.8 Å². The van der Waals surface area contributed by atoms with Crippen LogP contribution in [-0.4, -0.2) is 43.0 Å². The molecule has 3 rings (SSSR count). The third-order valence-electron chi connectivity index (χ3n) is 4.55. The van der Waals surface area contributed by atoms with E-state index in [2.05, 4.69) is 4.90 Å². The van der Waals surface area contributed by atoms with Gasteiger partial charge in [-0.1, -0.05) is 35.3 Å². The van der Waals surface area contributed by atoms with Crippen LogP contribution >= 0.6 is 30.8 Å². The summed E-state index contributed by atoms with van der Waals surface area (Å²) < 4.78 is 37.2. The van der Waals surface area contributed by atoms with Crippen molar-refractivity contribution in [3.8, 4) is 0 Å². The molecule has 0 aliphatic carbocycles. The van der Waals surface area contributed by atoms with Gasteiger partial charge in [0.15, 0.2) is 0 Å². The summed E-state index contributed by atoms with van der Waals surface area (Å²) in [6, 6.07) is 9.80. The molecule has 3 N–H and O–H groups in total. The maximum absolute atomic E-state index is 12.2. The van der Waals surface area contributed by atoms with Crippen molar-refractivity contribution in [1.29, 1.82) is 0 Å². The predicted molar refractivity (Wildman–Crippen MR) is 108 cm³/mol. The molecular formula is C17H19Cl2N2O5PS. The van der Waals surface area contributed by atoms with E-state index >= 15 is 0 Å². The first kappa shape index (κ1) is 21.7. The third-order valence-corrected chi connectivity index (χ3v) is 7.30. The maximum atomic E-state index is 12.2. The van der Waals surface area contributed by atoms with Crippen LogP contribution in [0.4, 0.5) is 0 Å². The second-order valence-corrected chi connectivity index (χ2v) is 11.0. The number of nitrogens with one attached hydrogen (secondary N) is 1. The van der Waals surface area contributed by atoms with Crippen molar-refractivity contribution in [2.75, 3.05) is 19.9 Å². The van der Waals surface area contributed by atoms with Crippen molar-refractivity contribution in [3.05, 3.63) is 63.1 Å². The summed E-state index contributed by atoms with van der Waals surface area (Å²) in [5.74, 6) is -0.0373. The third kappa shape index (κ3) is 4.96. The first-order valence-corrected chi connectivity index (χ1v) is 12.3. The maximum Gasteiger partial charge on any atom is 0.340 e. The van der Waals surface area contributed by atoms with Gasteiger partial charge in [-0.15, -0.1) is 0 Å². The molecule has 0 fully saturated rings. The van der Waals surface area contributed by atoms with Gasteiger partial charge in [-0.2, -0.15) is 4.72 Å². The fourth-order valence-electron chi connectivity index (χ4n) is 3.26. The summed E-state index contributed by atoms with van der Waals surface area (Å²) in [7, 11) is -6.53. The minimum absolute atomic E-state index is 0.0373. The van der Waals surface area contributed by atoms with Crippen LogP contribution in [0.2, 0.25) is 10.0 Å². The zero-order valence-electron chi connectivity index (χ0n) is 14.8. The molecule has 0 bridgehead atoms. The van der Waals surface area contributed by atoms with E-state index in [-0.39, 0.29) is 10.8 Å². The van der Waals surface area contributed by atoms with Gasteiger partial charge in [0.1, 0.15) is 6.29 Å². The smallest absolute Gasteiger partial charge is 0.324 e. The van der Waals surface area contributed by atoms with E-state index in [0.717, 1.165) is 16.7 Å². The normalized spacial score (nSPS) is 18.1. The van der Waals surface area contributed by atoms with Crippen LogP contribution in [0.25, 0.3) is 0 Å². The van der Waals surface area contributed by atoms with E-state index in [1.807, 2.05) is 17.8 Å². The Morgan fingerprint density at radius 1 is 1.21 bits per heavy atom. The van der Waals surface area contributed by atoms with Gasteiger partial charge in [-0.05, 0) is 48.0 Å². The Kier molecular flexibility index (Phi) is 6.25. The number of benzene rings is 2. The van der Waals surface area contributed by atoms with E-state index in [9.17, 15) is 13.0 Å². The minimum atomic E-state index is -4.49. The molecule has 1 unspecified atom stereocenters. The SMILES string of the molecule is CN1Cc2c(Cl)cc(Cl)cc2C(c2ccc(S(=O)(=O)NCP(=O)(O)O)cc2)C1. The van der Waals surface area contributed by atoms with Crippen LogP contribution in [0, 0.1) is 0 Å². The topological polar surface area (TPSA) is 107 Å². The lowest BCUT2D eigenvalue weighted by molar-refractivity contribution is 0.295. The molecule has 0 radical (unpaired) electrons. The van der Waals surface area contributed by atoms with Crippen molar-refractivity contribution < 1.29 is 22.8 Å². The first-order chi connectivity index (χ1) is 13.0. The molecule has 28 heavy (non-hydrogen) atoms. The Balaban J connectivity index is 1.92. The van der Waals surface area contributed by atoms with Crippen LogP contribution in [0.1, 0.15) is 22.6 Å². The monoisotopic (exact) mass is 464 g/mol. The number of rotatable bonds is 5. The van der Waals surface area contributed by atoms with Crippen molar-refractivity contribution in [2.45, 2.75) is 17.4 Å². The van der Waals surface area contributed by atoms with Gasteiger partial charge < -0.3 is 14.7 Å². The molecule has 0 amide bonds. The molecule has 7 nitrogen and oxygen atoms in total. The van der Waals surface area contributed by atoms with Crippen molar-refractivity contribution in [3.63, 3.8) is 0 Å². The minimum Gasteiger partial charge on any atom is -0.324 e. The molecule has 0 saturated heterocycles. The Morgan fingerprint density at radius 2 is 1.86 bits per heavy atom.